The van der Waals surface area contributed by atoms with Crippen LogP contribution in [-0.4, -0.2) is 26.1 Å². The van der Waals surface area contributed by atoms with Gasteiger partial charge in [-0.1, -0.05) is 46.8 Å². The van der Waals surface area contributed by atoms with Gasteiger partial charge in [0, 0.05) is 0 Å². The van der Waals surface area contributed by atoms with Crippen LogP contribution in [0.3, 0.4) is 0 Å². The minimum atomic E-state index is -1.61. The van der Waals surface area contributed by atoms with E-state index >= 15 is 0 Å². The average molecular weight is 365 g/mol. The monoisotopic (exact) mass is 364 g/mol. The molecule has 3 heteroatoms. The number of aliphatic hydroxyl groups is 1. The summed E-state index contributed by atoms with van der Waals surface area (Å²) < 4.78 is 7.06. The lowest BCUT2D eigenvalue weighted by Gasteiger charge is -2.58. The van der Waals surface area contributed by atoms with Crippen molar-refractivity contribution in [3.63, 3.8) is 0 Å². The fraction of sp³-hybridized carbons (Fsp3) is 0.818. The van der Waals surface area contributed by atoms with Crippen molar-refractivity contribution < 1.29 is 9.53 Å². The van der Waals surface area contributed by atoms with Crippen LogP contribution >= 0.6 is 0 Å². The first-order valence-corrected chi connectivity index (χ1v) is 13.0. The van der Waals surface area contributed by atoms with Gasteiger partial charge in [0.25, 0.3) is 0 Å². The molecule has 0 amide bonds. The molecule has 2 nitrogen and oxygen atoms in total. The normalized spacial score (nSPS) is 35.8. The molecule has 1 N–H and O–H groups in total. The summed E-state index contributed by atoms with van der Waals surface area (Å²) in [4.78, 5) is 0. The largest absolute Gasteiger partial charge is 0.413 e. The van der Waals surface area contributed by atoms with E-state index in [-0.39, 0.29) is 17.4 Å². The summed E-state index contributed by atoms with van der Waals surface area (Å²) in [6.07, 6.45) is 10.4. The third kappa shape index (κ3) is 3.84. The Hall–Kier alpha value is -0.383. The number of allylic oxidation sites excluding steroid dienone is 2. The maximum atomic E-state index is 9.63. The Morgan fingerprint density at radius 1 is 1.24 bits per heavy atom. The Labute approximate surface area is 156 Å². The van der Waals surface area contributed by atoms with E-state index in [0.29, 0.717) is 12.0 Å². The van der Waals surface area contributed by atoms with Crippen molar-refractivity contribution in [1.82, 2.24) is 0 Å². The van der Waals surface area contributed by atoms with Crippen molar-refractivity contribution in [1.29, 1.82) is 0 Å². The molecular formula is C22H40O2Si. The van der Waals surface area contributed by atoms with Crippen LogP contribution in [0.1, 0.15) is 66.7 Å². The molecule has 0 aromatic carbocycles. The second-order valence-corrected chi connectivity index (χ2v) is 13.7. The van der Waals surface area contributed by atoms with Gasteiger partial charge in [-0.05, 0) is 72.6 Å². The van der Waals surface area contributed by atoms with Crippen molar-refractivity contribution in [2.75, 3.05) is 6.61 Å². The molecule has 0 aromatic heterocycles. The number of aliphatic hydroxyl groups excluding tert-OH is 1. The van der Waals surface area contributed by atoms with Crippen LogP contribution in [0.4, 0.5) is 0 Å². The molecule has 0 radical (unpaired) electrons. The van der Waals surface area contributed by atoms with E-state index in [9.17, 15) is 5.11 Å². The van der Waals surface area contributed by atoms with Crippen molar-refractivity contribution >= 4 is 8.32 Å². The number of hydrogen-bond acceptors (Lipinski definition) is 2. The van der Waals surface area contributed by atoms with Crippen LogP contribution in [0.15, 0.2) is 24.3 Å². The Balaban J connectivity index is 2.36. The van der Waals surface area contributed by atoms with Gasteiger partial charge in [0.05, 0.1) is 12.7 Å². The molecule has 0 spiro atoms. The minimum absolute atomic E-state index is 0.157. The highest BCUT2D eigenvalue weighted by molar-refractivity contribution is 6.73. The maximum Gasteiger partial charge on any atom is 0.192 e. The molecule has 1 saturated carbocycles. The third-order valence-electron chi connectivity index (χ3n) is 7.67. The molecule has 0 bridgehead atoms. The Morgan fingerprint density at radius 2 is 1.88 bits per heavy atom. The smallest absolute Gasteiger partial charge is 0.192 e. The molecule has 1 fully saturated rings. The molecule has 0 aliphatic heterocycles. The summed E-state index contributed by atoms with van der Waals surface area (Å²) in [6.45, 7) is 16.2. The lowest BCUT2D eigenvalue weighted by atomic mass is 9.50. The van der Waals surface area contributed by atoms with Gasteiger partial charge in [0.1, 0.15) is 0 Å². The van der Waals surface area contributed by atoms with E-state index in [2.05, 4.69) is 53.3 Å². The van der Waals surface area contributed by atoms with Crippen LogP contribution in [0.2, 0.25) is 18.1 Å². The van der Waals surface area contributed by atoms with Crippen LogP contribution in [-0.2, 0) is 4.43 Å². The Morgan fingerprint density at radius 3 is 2.40 bits per heavy atom. The Bertz CT molecular complexity index is 488. The van der Waals surface area contributed by atoms with Gasteiger partial charge in [0.15, 0.2) is 8.32 Å². The van der Waals surface area contributed by atoms with Crippen molar-refractivity contribution in [3.8, 4) is 0 Å². The van der Waals surface area contributed by atoms with Crippen molar-refractivity contribution in [3.05, 3.63) is 24.3 Å². The molecular weight excluding hydrogens is 324 g/mol. The summed E-state index contributed by atoms with van der Waals surface area (Å²) in [5.41, 5.74) is 1.59. The second-order valence-electron chi connectivity index (χ2n) is 8.95. The van der Waals surface area contributed by atoms with Gasteiger partial charge in [-0.15, -0.1) is 6.58 Å². The molecule has 2 aliphatic carbocycles. The lowest BCUT2D eigenvalue weighted by Crippen LogP contribution is -2.56. The third-order valence-corrected chi connectivity index (χ3v) is 12.3. The molecule has 4 atom stereocenters. The highest BCUT2D eigenvalue weighted by Crippen LogP contribution is 2.59. The first-order valence-electron chi connectivity index (χ1n) is 10.4. The molecule has 2 aliphatic rings. The first kappa shape index (κ1) is 20.9. The van der Waals surface area contributed by atoms with E-state index < -0.39 is 8.32 Å². The summed E-state index contributed by atoms with van der Waals surface area (Å²) in [5.74, 6) is 0.615. The SMILES string of the molecule is C=CC[C@]1(C)[C@@H](O[Si](CC)(CC)CC)CC[C@]2(C)C=C(CO)CC[C@@H]12. The van der Waals surface area contributed by atoms with Gasteiger partial charge >= 0.3 is 0 Å². The minimum Gasteiger partial charge on any atom is -0.413 e. The second kappa shape index (κ2) is 8.10. The van der Waals surface area contributed by atoms with Crippen molar-refractivity contribution in [2.45, 2.75) is 91.0 Å². The van der Waals surface area contributed by atoms with Gasteiger partial charge in [-0.25, -0.2) is 0 Å². The van der Waals surface area contributed by atoms with E-state index in [1.54, 1.807) is 0 Å². The summed E-state index contributed by atoms with van der Waals surface area (Å²) in [5, 5.41) is 9.63. The van der Waals surface area contributed by atoms with Gasteiger partial charge in [-0.2, -0.15) is 0 Å². The molecule has 2 rings (SSSR count). The fourth-order valence-electron chi connectivity index (χ4n) is 5.83. The highest BCUT2D eigenvalue weighted by Gasteiger charge is 2.54. The zero-order chi connectivity index (χ0) is 18.7. The molecule has 0 aromatic rings. The predicted molar refractivity (Wildman–Crippen MR) is 110 cm³/mol. The van der Waals surface area contributed by atoms with Crippen LogP contribution in [0, 0.1) is 16.7 Å². The molecule has 144 valence electrons. The van der Waals surface area contributed by atoms with E-state index in [4.69, 9.17) is 4.43 Å². The quantitative estimate of drug-likeness (QED) is 0.417. The predicted octanol–water partition coefficient (Wildman–Crippen LogP) is 6.09. The molecule has 0 heterocycles. The zero-order valence-corrected chi connectivity index (χ0v) is 18.2. The standard InChI is InChI=1S/C22H40O2Si/c1-7-14-22(6)19-12-11-18(17-23)16-21(19,5)15-13-20(22)24-25(8-2,9-3)10-4/h7,16,19-20,23H,1,8-15,17H2,2-6H3/t19-,20+,21-,22+/m1/s1. The van der Waals surface area contributed by atoms with E-state index in [1.165, 1.54) is 36.5 Å². The number of rotatable bonds is 8. The first-order chi connectivity index (χ1) is 11.8. The summed E-state index contributed by atoms with van der Waals surface area (Å²) in [6, 6.07) is 3.66. The topological polar surface area (TPSA) is 29.5 Å². The Kier molecular flexibility index (Phi) is 6.78. The number of fused-ring (bicyclic) bond motifs is 1. The van der Waals surface area contributed by atoms with Gasteiger partial charge < -0.3 is 9.53 Å². The molecule has 0 saturated heterocycles. The summed E-state index contributed by atoms with van der Waals surface area (Å²) >= 11 is 0. The van der Waals surface area contributed by atoms with E-state index in [0.717, 1.165) is 19.3 Å². The van der Waals surface area contributed by atoms with Crippen LogP contribution in [0.25, 0.3) is 0 Å². The van der Waals surface area contributed by atoms with Crippen molar-refractivity contribution in [2.24, 2.45) is 16.7 Å². The van der Waals surface area contributed by atoms with E-state index in [1.807, 2.05) is 0 Å². The van der Waals surface area contributed by atoms with Crippen LogP contribution in [0.5, 0.6) is 0 Å². The maximum absolute atomic E-state index is 9.63. The van der Waals surface area contributed by atoms with Gasteiger partial charge in [0.2, 0.25) is 0 Å². The highest BCUT2D eigenvalue weighted by atomic mass is 28.4. The molecule has 0 unspecified atom stereocenters. The lowest BCUT2D eigenvalue weighted by molar-refractivity contribution is -0.0862. The summed E-state index contributed by atoms with van der Waals surface area (Å²) in [7, 11) is -1.61. The zero-order valence-electron chi connectivity index (χ0n) is 17.2. The average Bonchev–Trinajstić information content (AvgIpc) is 2.61. The molecule has 25 heavy (non-hydrogen) atoms. The number of hydrogen-bond donors (Lipinski definition) is 1. The fourth-order valence-corrected chi connectivity index (χ4v) is 8.82. The van der Waals surface area contributed by atoms with Crippen LogP contribution < -0.4 is 0 Å². The van der Waals surface area contributed by atoms with Gasteiger partial charge in [-0.3, -0.25) is 0 Å².